The molecule has 2 rings (SSSR count). The number of carbonyl (C=O) groups excluding carboxylic acids is 1. The van der Waals surface area contributed by atoms with Crippen LogP contribution in [-0.4, -0.2) is 42.5 Å². The first kappa shape index (κ1) is 15.2. The van der Waals surface area contributed by atoms with Crippen LogP contribution in [0.4, 0.5) is 11.4 Å². The number of anilines is 1. The third-order valence-electron chi connectivity index (χ3n) is 3.48. The van der Waals surface area contributed by atoms with E-state index in [-0.39, 0.29) is 17.3 Å². The minimum absolute atomic E-state index is 0.118. The Morgan fingerprint density at radius 2 is 2.10 bits per heavy atom. The van der Waals surface area contributed by atoms with Gasteiger partial charge in [0, 0.05) is 17.8 Å². The quantitative estimate of drug-likeness (QED) is 0.663. The molecule has 114 valence electrons. The SMILES string of the molecule is COc1cc(NC(=O)CN2CCCCC2)ccc1[N+](=O)[O-]. The van der Waals surface area contributed by atoms with Gasteiger partial charge in [0.1, 0.15) is 0 Å². The molecule has 1 N–H and O–H groups in total. The number of nitrogens with zero attached hydrogens (tertiary/aromatic N) is 2. The summed E-state index contributed by atoms with van der Waals surface area (Å²) in [5.41, 5.74) is 0.381. The van der Waals surface area contributed by atoms with Crippen molar-refractivity contribution in [1.82, 2.24) is 4.90 Å². The van der Waals surface area contributed by atoms with E-state index in [1.165, 1.54) is 31.7 Å². The Labute approximate surface area is 123 Å². The summed E-state index contributed by atoms with van der Waals surface area (Å²) < 4.78 is 4.98. The molecule has 0 unspecified atom stereocenters. The molecule has 7 heteroatoms. The van der Waals surface area contributed by atoms with Gasteiger partial charge < -0.3 is 10.1 Å². The molecule has 1 heterocycles. The first-order valence-electron chi connectivity index (χ1n) is 6.95. The Morgan fingerprint density at radius 1 is 1.38 bits per heavy atom. The highest BCUT2D eigenvalue weighted by Gasteiger charge is 2.17. The van der Waals surface area contributed by atoms with Gasteiger partial charge in [0.2, 0.25) is 5.91 Å². The molecule has 0 radical (unpaired) electrons. The van der Waals surface area contributed by atoms with Crippen LogP contribution in [0.1, 0.15) is 19.3 Å². The lowest BCUT2D eigenvalue weighted by Gasteiger charge is -2.25. The van der Waals surface area contributed by atoms with Gasteiger partial charge in [0.15, 0.2) is 5.75 Å². The molecule has 0 saturated carbocycles. The number of rotatable bonds is 5. The fraction of sp³-hybridized carbons (Fsp3) is 0.500. The van der Waals surface area contributed by atoms with Crippen molar-refractivity contribution in [2.75, 3.05) is 32.1 Å². The highest BCUT2D eigenvalue weighted by atomic mass is 16.6. The van der Waals surface area contributed by atoms with E-state index < -0.39 is 4.92 Å². The van der Waals surface area contributed by atoms with Crippen LogP contribution in [0, 0.1) is 10.1 Å². The Hall–Kier alpha value is -2.15. The van der Waals surface area contributed by atoms with Gasteiger partial charge in [-0.15, -0.1) is 0 Å². The summed E-state index contributed by atoms with van der Waals surface area (Å²) in [6, 6.07) is 4.30. The van der Waals surface area contributed by atoms with E-state index >= 15 is 0 Å². The smallest absolute Gasteiger partial charge is 0.311 e. The second-order valence-corrected chi connectivity index (χ2v) is 5.03. The van der Waals surface area contributed by atoms with Crippen molar-refractivity contribution in [3.05, 3.63) is 28.3 Å². The maximum Gasteiger partial charge on any atom is 0.311 e. The van der Waals surface area contributed by atoms with Gasteiger partial charge in [-0.3, -0.25) is 19.8 Å². The maximum atomic E-state index is 12.0. The van der Waals surface area contributed by atoms with E-state index in [2.05, 4.69) is 10.2 Å². The van der Waals surface area contributed by atoms with E-state index in [0.29, 0.717) is 12.2 Å². The number of hydrogen-bond donors (Lipinski definition) is 1. The molecule has 1 aliphatic rings. The standard InChI is InChI=1S/C14H19N3O4/c1-21-13-9-11(5-6-12(13)17(19)20)15-14(18)10-16-7-3-2-4-8-16/h5-6,9H,2-4,7-8,10H2,1H3,(H,15,18). The van der Waals surface area contributed by atoms with Crippen LogP contribution < -0.4 is 10.1 Å². The van der Waals surface area contributed by atoms with Crippen molar-refractivity contribution < 1.29 is 14.5 Å². The average Bonchev–Trinajstić information content (AvgIpc) is 2.47. The molecule has 0 aromatic heterocycles. The molecule has 1 aliphatic heterocycles. The summed E-state index contributed by atoms with van der Waals surface area (Å²) in [6.07, 6.45) is 3.47. The molecule has 7 nitrogen and oxygen atoms in total. The zero-order valence-electron chi connectivity index (χ0n) is 12.0. The molecule has 1 aromatic carbocycles. The molecule has 0 spiro atoms. The molecular formula is C14H19N3O4. The maximum absolute atomic E-state index is 12.0. The average molecular weight is 293 g/mol. The van der Waals surface area contributed by atoms with E-state index in [0.717, 1.165) is 25.9 Å². The number of methoxy groups -OCH3 is 1. The number of nitrogens with one attached hydrogen (secondary N) is 1. The molecule has 1 fully saturated rings. The first-order chi connectivity index (χ1) is 10.1. The fourth-order valence-corrected chi connectivity index (χ4v) is 2.43. The first-order valence-corrected chi connectivity index (χ1v) is 6.95. The highest BCUT2D eigenvalue weighted by molar-refractivity contribution is 5.92. The summed E-state index contributed by atoms with van der Waals surface area (Å²) in [5, 5.41) is 13.6. The monoisotopic (exact) mass is 293 g/mol. The fourth-order valence-electron chi connectivity index (χ4n) is 2.43. The molecule has 1 saturated heterocycles. The number of amides is 1. The van der Waals surface area contributed by atoms with Gasteiger partial charge in [-0.05, 0) is 32.0 Å². The zero-order chi connectivity index (χ0) is 15.2. The third-order valence-corrected chi connectivity index (χ3v) is 3.48. The minimum atomic E-state index is -0.516. The van der Waals surface area contributed by atoms with E-state index in [4.69, 9.17) is 4.74 Å². The third kappa shape index (κ3) is 4.16. The van der Waals surface area contributed by atoms with Crippen molar-refractivity contribution in [3.8, 4) is 5.75 Å². The Morgan fingerprint density at radius 3 is 2.71 bits per heavy atom. The van der Waals surface area contributed by atoms with Gasteiger partial charge >= 0.3 is 5.69 Å². The summed E-state index contributed by atoms with van der Waals surface area (Å²) in [4.78, 5) is 24.4. The Bertz CT molecular complexity index is 527. The van der Waals surface area contributed by atoms with Gasteiger partial charge in [-0.2, -0.15) is 0 Å². The van der Waals surface area contributed by atoms with Gasteiger partial charge in [-0.1, -0.05) is 6.42 Å². The van der Waals surface area contributed by atoms with Crippen molar-refractivity contribution in [2.45, 2.75) is 19.3 Å². The predicted molar refractivity (Wildman–Crippen MR) is 78.6 cm³/mol. The molecule has 1 amide bonds. The Kier molecular flexibility index (Phi) is 5.10. The number of piperidine rings is 1. The van der Waals surface area contributed by atoms with Gasteiger partial charge in [0.25, 0.3) is 0 Å². The van der Waals surface area contributed by atoms with Gasteiger partial charge in [-0.25, -0.2) is 0 Å². The van der Waals surface area contributed by atoms with Crippen LogP contribution in [0.5, 0.6) is 5.75 Å². The number of ether oxygens (including phenoxy) is 1. The molecule has 0 bridgehead atoms. The van der Waals surface area contributed by atoms with Crippen molar-refractivity contribution in [3.63, 3.8) is 0 Å². The number of carbonyl (C=O) groups is 1. The van der Waals surface area contributed by atoms with E-state index in [1.807, 2.05) is 0 Å². The molecule has 21 heavy (non-hydrogen) atoms. The lowest BCUT2D eigenvalue weighted by molar-refractivity contribution is -0.385. The largest absolute Gasteiger partial charge is 0.490 e. The molecular weight excluding hydrogens is 274 g/mol. The normalized spacial score (nSPS) is 15.5. The number of benzene rings is 1. The highest BCUT2D eigenvalue weighted by Crippen LogP contribution is 2.29. The second-order valence-electron chi connectivity index (χ2n) is 5.03. The van der Waals surface area contributed by atoms with Crippen molar-refractivity contribution in [1.29, 1.82) is 0 Å². The van der Waals surface area contributed by atoms with E-state index in [1.54, 1.807) is 0 Å². The number of hydrogen-bond acceptors (Lipinski definition) is 5. The van der Waals surface area contributed by atoms with E-state index in [9.17, 15) is 14.9 Å². The molecule has 0 atom stereocenters. The number of nitro groups is 1. The van der Waals surface area contributed by atoms with Crippen molar-refractivity contribution >= 4 is 17.3 Å². The number of nitro benzene ring substituents is 1. The lowest BCUT2D eigenvalue weighted by Crippen LogP contribution is -2.36. The van der Waals surface area contributed by atoms with Crippen LogP contribution in [0.25, 0.3) is 0 Å². The summed E-state index contributed by atoms with van der Waals surface area (Å²) >= 11 is 0. The molecule has 1 aromatic rings. The van der Waals surface area contributed by atoms with Crippen LogP contribution in [0.15, 0.2) is 18.2 Å². The van der Waals surface area contributed by atoms with Crippen LogP contribution in [-0.2, 0) is 4.79 Å². The predicted octanol–water partition coefficient (Wildman–Crippen LogP) is 2.03. The minimum Gasteiger partial charge on any atom is -0.490 e. The number of likely N-dealkylation sites (tertiary alicyclic amines) is 1. The summed E-state index contributed by atoms with van der Waals surface area (Å²) in [6.45, 7) is 2.23. The van der Waals surface area contributed by atoms with Gasteiger partial charge in [0.05, 0.1) is 18.6 Å². The molecule has 0 aliphatic carbocycles. The van der Waals surface area contributed by atoms with Crippen LogP contribution in [0.3, 0.4) is 0 Å². The lowest BCUT2D eigenvalue weighted by atomic mass is 10.1. The second kappa shape index (κ2) is 7.03. The van der Waals surface area contributed by atoms with Crippen LogP contribution >= 0.6 is 0 Å². The zero-order valence-corrected chi connectivity index (χ0v) is 12.0. The Balaban J connectivity index is 1.98. The van der Waals surface area contributed by atoms with Crippen LogP contribution in [0.2, 0.25) is 0 Å². The topological polar surface area (TPSA) is 84.7 Å². The van der Waals surface area contributed by atoms with Crippen molar-refractivity contribution in [2.24, 2.45) is 0 Å². The summed E-state index contributed by atoms with van der Waals surface area (Å²) in [5.74, 6) is 0.0172. The summed E-state index contributed by atoms with van der Waals surface area (Å²) in [7, 11) is 1.36.